The number of carboxylic acid groups (broad SMARTS) is 1. The molecule has 0 radical (unpaired) electrons. The minimum absolute atomic E-state index is 0.0389. The van der Waals surface area contributed by atoms with Crippen LogP contribution < -0.4 is 5.32 Å². The molecule has 0 amide bonds. The Labute approximate surface area is 93.4 Å². The Morgan fingerprint density at radius 2 is 2.56 bits per heavy atom. The van der Waals surface area contributed by atoms with Gasteiger partial charge in [-0.1, -0.05) is 5.11 Å². The summed E-state index contributed by atoms with van der Waals surface area (Å²) in [6.07, 6.45) is 1.42. The van der Waals surface area contributed by atoms with Gasteiger partial charge in [0.05, 0.1) is 6.61 Å². The van der Waals surface area contributed by atoms with Crippen LogP contribution >= 0.6 is 0 Å². The van der Waals surface area contributed by atoms with Gasteiger partial charge >= 0.3 is 5.97 Å². The fourth-order valence-electron chi connectivity index (χ4n) is 1.72. The molecule has 2 atom stereocenters. The van der Waals surface area contributed by atoms with E-state index in [4.69, 9.17) is 15.4 Å². The van der Waals surface area contributed by atoms with Crippen molar-refractivity contribution in [1.82, 2.24) is 5.32 Å². The standard InChI is InChI=1S/C9H16N4O3/c10-13-12-4-1-3-11-8(9(14)15)7-2-5-16-6-7/h7-8,11H,1-6H2,(H,14,15). The number of rotatable bonds is 7. The van der Waals surface area contributed by atoms with Crippen LogP contribution in [0, 0.1) is 5.92 Å². The van der Waals surface area contributed by atoms with Gasteiger partial charge in [0.15, 0.2) is 0 Å². The molecule has 2 unspecified atom stereocenters. The molecule has 0 aliphatic carbocycles. The molecule has 0 saturated carbocycles. The molecule has 0 aromatic heterocycles. The molecule has 90 valence electrons. The Morgan fingerprint density at radius 3 is 3.12 bits per heavy atom. The Bertz CT molecular complexity index is 272. The lowest BCUT2D eigenvalue weighted by Gasteiger charge is -2.19. The molecule has 0 aromatic carbocycles. The summed E-state index contributed by atoms with van der Waals surface area (Å²) >= 11 is 0. The molecule has 7 nitrogen and oxygen atoms in total. The fraction of sp³-hybridized carbons (Fsp3) is 0.889. The predicted octanol–water partition coefficient (Wildman–Crippen LogP) is 0.766. The lowest BCUT2D eigenvalue weighted by Crippen LogP contribution is -2.43. The number of ether oxygens (including phenoxy) is 1. The molecule has 0 bridgehead atoms. The van der Waals surface area contributed by atoms with Gasteiger partial charge in [-0.3, -0.25) is 4.79 Å². The number of nitrogens with zero attached hydrogens (tertiary/aromatic N) is 3. The summed E-state index contributed by atoms with van der Waals surface area (Å²) in [7, 11) is 0. The van der Waals surface area contributed by atoms with Gasteiger partial charge in [0.2, 0.25) is 0 Å². The maximum absolute atomic E-state index is 11.0. The molecule has 1 fully saturated rings. The SMILES string of the molecule is [N-]=[N+]=NCCCNC(C(=O)O)C1CCOC1. The van der Waals surface area contributed by atoms with Gasteiger partial charge in [0.25, 0.3) is 0 Å². The molecule has 1 heterocycles. The van der Waals surface area contributed by atoms with Crippen molar-refractivity contribution in [2.24, 2.45) is 11.0 Å². The number of azide groups is 1. The summed E-state index contributed by atoms with van der Waals surface area (Å²) in [5.41, 5.74) is 8.06. The van der Waals surface area contributed by atoms with E-state index >= 15 is 0 Å². The molecule has 7 heteroatoms. The van der Waals surface area contributed by atoms with Crippen molar-refractivity contribution < 1.29 is 14.6 Å². The number of hydrogen-bond acceptors (Lipinski definition) is 4. The lowest BCUT2D eigenvalue weighted by molar-refractivity contribution is -0.141. The molecule has 16 heavy (non-hydrogen) atoms. The zero-order valence-corrected chi connectivity index (χ0v) is 9.00. The number of hydrogen-bond donors (Lipinski definition) is 2. The number of carboxylic acids is 1. The summed E-state index contributed by atoms with van der Waals surface area (Å²) < 4.78 is 5.16. The summed E-state index contributed by atoms with van der Waals surface area (Å²) in [4.78, 5) is 13.6. The zero-order valence-electron chi connectivity index (χ0n) is 9.00. The van der Waals surface area contributed by atoms with Crippen molar-refractivity contribution in [3.05, 3.63) is 10.4 Å². The first-order valence-electron chi connectivity index (χ1n) is 5.30. The van der Waals surface area contributed by atoms with Gasteiger partial charge < -0.3 is 15.2 Å². The van der Waals surface area contributed by atoms with Crippen molar-refractivity contribution >= 4 is 5.97 Å². The molecule has 1 aliphatic heterocycles. The Balaban J connectivity index is 2.27. The zero-order chi connectivity index (χ0) is 11.8. The Kier molecular flexibility index (Phi) is 5.63. The normalized spacial score (nSPS) is 21.4. The molecule has 1 aliphatic rings. The van der Waals surface area contributed by atoms with E-state index in [0.29, 0.717) is 32.7 Å². The highest BCUT2D eigenvalue weighted by atomic mass is 16.5. The first-order valence-corrected chi connectivity index (χ1v) is 5.30. The monoisotopic (exact) mass is 228 g/mol. The third kappa shape index (κ3) is 4.06. The van der Waals surface area contributed by atoms with E-state index in [1.165, 1.54) is 0 Å². The average molecular weight is 228 g/mol. The molecule has 2 N–H and O–H groups in total. The fourth-order valence-corrected chi connectivity index (χ4v) is 1.72. The van der Waals surface area contributed by atoms with Gasteiger partial charge in [0.1, 0.15) is 6.04 Å². The van der Waals surface area contributed by atoms with Crippen LogP contribution in [0.3, 0.4) is 0 Å². The quantitative estimate of drug-likeness (QED) is 0.290. The topological polar surface area (TPSA) is 107 Å². The number of carbonyl (C=O) groups is 1. The van der Waals surface area contributed by atoms with Crippen LogP contribution in [0.2, 0.25) is 0 Å². The van der Waals surface area contributed by atoms with E-state index in [2.05, 4.69) is 15.3 Å². The van der Waals surface area contributed by atoms with E-state index in [1.54, 1.807) is 0 Å². The minimum Gasteiger partial charge on any atom is -0.480 e. The van der Waals surface area contributed by atoms with Gasteiger partial charge in [-0.2, -0.15) is 0 Å². The van der Waals surface area contributed by atoms with Crippen molar-refractivity contribution in [3.8, 4) is 0 Å². The maximum Gasteiger partial charge on any atom is 0.321 e. The molecule has 1 saturated heterocycles. The van der Waals surface area contributed by atoms with Crippen LogP contribution in [0.5, 0.6) is 0 Å². The van der Waals surface area contributed by atoms with Crippen molar-refractivity contribution in [1.29, 1.82) is 0 Å². The molecule has 0 spiro atoms. The first-order chi connectivity index (χ1) is 7.75. The summed E-state index contributed by atoms with van der Waals surface area (Å²) in [6, 6.07) is -0.562. The second kappa shape index (κ2) is 7.05. The highest BCUT2D eigenvalue weighted by Crippen LogP contribution is 2.16. The highest BCUT2D eigenvalue weighted by molar-refractivity contribution is 5.73. The van der Waals surface area contributed by atoms with Crippen LogP contribution in [0.15, 0.2) is 5.11 Å². The van der Waals surface area contributed by atoms with E-state index in [1.807, 2.05) is 0 Å². The van der Waals surface area contributed by atoms with Crippen molar-refractivity contribution in [3.63, 3.8) is 0 Å². The molecule has 0 aromatic rings. The smallest absolute Gasteiger partial charge is 0.321 e. The summed E-state index contributed by atoms with van der Waals surface area (Å²) in [6.45, 7) is 2.05. The lowest BCUT2D eigenvalue weighted by atomic mass is 9.99. The second-order valence-electron chi connectivity index (χ2n) is 3.70. The summed E-state index contributed by atoms with van der Waals surface area (Å²) in [5, 5.41) is 15.4. The third-order valence-electron chi connectivity index (χ3n) is 2.56. The van der Waals surface area contributed by atoms with Crippen molar-refractivity contribution in [2.75, 3.05) is 26.3 Å². The summed E-state index contributed by atoms with van der Waals surface area (Å²) in [5.74, 6) is -0.809. The van der Waals surface area contributed by atoms with Gasteiger partial charge in [-0.05, 0) is 24.9 Å². The van der Waals surface area contributed by atoms with Crippen molar-refractivity contribution in [2.45, 2.75) is 18.9 Å². The Morgan fingerprint density at radius 1 is 1.75 bits per heavy atom. The van der Waals surface area contributed by atoms with Gasteiger partial charge in [0, 0.05) is 24.0 Å². The first kappa shape index (κ1) is 12.8. The minimum atomic E-state index is -0.848. The van der Waals surface area contributed by atoms with Crippen LogP contribution in [0.4, 0.5) is 0 Å². The van der Waals surface area contributed by atoms with E-state index in [0.717, 1.165) is 6.42 Å². The molecular weight excluding hydrogens is 212 g/mol. The van der Waals surface area contributed by atoms with Gasteiger partial charge in [-0.25, -0.2) is 0 Å². The van der Waals surface area contributed by atoms with Crippen LogP contribution in [0.1, 0.15) is 12.8 Å². The number of nitrogens with one attached hydrogen (secondary N) is 1. The van der Waals surface area contributed by atoms with Crippen LogP contribution in [0.25, 0.3) is 10.4 Å². The molecule has 1 rings (SSSR count). The predicted molar refractivity (Wildman–Crippen MR) is 57.0 cm³/mol. The van der Waals surface area contributed by atoms with E-state index in [-0.39, 0.29) is 5.92 Å². The van der Waals surface area contributed by atoms with E-state index < -0.39 is 12.0 Å². The third-order valence-corrected chi connectivity index (χ3v) is 2.56. The average Bonchev–Trinajstić information content (AvgIpc) is 2.76. The van der Waals surface area contributed by atoms with Gasteiger partial charge in [-0.15, -0.1) is 0 Å². The molecular formula is C9H16N4O3. The number of aliphatic carboxylic acids is 1. The second-order valence-corrected chi connectivity index (χ2v) is 3.70. The Hall–Kier alpha value is -1.30. The van der Waals surface area contributed by atoms with Crippen LogP contribution in [-0.2, 0) is 9.53 Å². The van der Waals surface area contributed by atoms with E-state index in [9.17, 15) is 4.79 Å². The maximum atomic E-state index is 11.0. The highest BCUT2D eigenvalue weighted by Gasteiger charge is 2.30. The van der Waals surface area contributed by atoms with Crippen LogP contribution in [-0.4, -0.2) is 43.4 Å². The largest absolute Gasteiger partial charge is 0.480 e.